The summed E-state index contributed by atoms with van der Waals surface area (Å²) in [6.07, 6.45) is 1.94. The van der Waals surface area contributed by atoms with E-state index in [-0.39, 0.29) is 23.2 Å². The second-order valence-corrected chi connectivity index (χ2v) is 9.84. The number of thiazole rings is 1. The third-order valence-corrected chi connectivity index (χ3v) is 7.35. The van der Waals surface area contributed by atoms with Crippen molar-refractivity contribution in [2.45, 2.75) is 36.2 Å². The molecular weight excluding hydrogens is 445 g/mol. The Morgan fingerprint density at radius 1 is 1.22 bits per heavy atom. The topological polar surface area (TPSA) is 87.6 Å². The molecular formula is C23H18FN5OS2. The highest BCUT2D eigenvalue weighted by molar-refractivity contribution is 7.99. The van der Waals surface area contributed by atoms with Crippen molar-refractivity contribution in [1.29, 1.82) is 5.26 Å². The van der Waals surface area contributed by atoms with E-state index in [9.17, 15) is 14.8 Å². The molecule has 160 valence electrons. The van der Waals surface area contributed by atoms with Crippen molar-refractivity contribution in [3.8, 4) is 17.5 Å². The van der Waals surface area contributed by atoms with Crippen molar-refractivity contribution in [3.63, 3.8) is 0 Å². The van der Waals surface area contributed by atoms with Crippen LogP contribution in [0.4, 0.5) is 4.39 Å². The van der Waals surface area contributed by atoms with Gasteiger partial charge >= 0.3 is 0 Å². The summed E-state index contributed by atoms with van der Waals surface area (Å²) in [6, 6.07) is 16.4. The van der Waals surface area contributed by atoms with Gasteiger partial charge in [0.05, 0.1) is 21.0 Å². The lowest BCUT2D eigenvalue weighted by atomic mass is 10.2. The number of rotatable bonds is 6. The van der Waals surface area contributed by atoms with Crippen molar-refractivity contribution in [1.82, 2.24) is 19.7 Å². The molecule has 2 aromatic heterocycles. The SMILES string of the molecule is CC(Sc1nnc(-c2ccccc2F)n1C1CC1)/C(O)=C(\C#N)c1nc2ccccc2s1. The number of halogens is 1. The summed E-state index contributed by atoms with van der Waals surface area (Å²) >= 11 is 2.67. The molecule has 0 amide bonds. The van der Waals surface area contributed by atoms with Gasteiger partial charge in [0.2, 0.25) is 0 Å². The Kier molecular flexibility index (Phi) is 5.41. The van der Waals surface area contributed by atoms with Crippen LogP contribution in [0.25, 0.3) is 27.2 Å². The summed E-state index contributed by atoms with van der Waals surface area (Å²) in [6.45, 7) is 1.80. The zero-order valence-corrected chi connectivity index (χ0v) is 18.7. The number of nitriles is 1. The number of fused-ring (bicyclic) bond motifs is 1. The second-order valence-electron chi connectivity index (χ2n) is 7.51. The fourth-order valence-electron chi connectivity index (χ4n) is 3.46. The predicted molar refractivity (Wildman–Crippen MR) is 124 cm³/mol. The fraction of sp³-hybridized carbons (Fsp3) is 0.217. The highest BCUT2D eigenvalue weighted by atomic mass is 32.2. The Balaban J connectivity index is 1.48. The third kappa shape index (κ3) is 3.76. The molecule has 2 heterocycles. The molecule has 6 nitrogen and oxygen atoms in total. The molecule has 0 radical (unpaired) electrons. The summed E-state index contributed by atoms with van der Waals surface area (Å²) < 4.78 is 17.3. The normalized spacial score (nSPS) is 15.4. The summed E-state index contributed by atoms with van der Waals surface area (Å²) in [5.41, 5.74) is 1.34. The van der Waals surface area contributed by atoms with Crippen LogP contribution >= 0.6 is 23.1 Å². The van der Waals surface area contributed by atoms with Crippen molar-refractivity contribution < 1.29 is 9.50 Å². The minimum atomic E-state index is -0.466. The largest absolute Gasteiger partial charge is 0.510 e. The van der Waals surface area contributed by atoms with Gasteiger partial charge in [0, 0.05) is 6.04 Å². The average Bonchev–Trinajstić information content (AvgIpc) is 3.41. The molecule has 1 atom stereocenters. The number of benzene rings is 2. The van der Waals surface area contributed by atoms with Crippen LogP contribution in [-0.2, 0) is 0 Å². The lowest BCUT2D eigenvalue weighted by molar-refractivity contribution is 0.402. The first-order valence-corrected chi connectivity index (χ1v) is 11.8. The third-order valence-electron chi connectivity index (χ3n) is 5.23. The summed E-state index contributed by atoms with van der Waals surface area (Å²) in [4.78, 5) is 4.50. The van der Waals surface area contributed by atoms with Crippen molar-refractivity contribution in [2.75, 3.05) is 0 Å². The first kappa shape index (κ1) is 20.7. The molecule has 1 N–H and O–H groups in total. The van der Waals surface area contributed by atoms with Gasteiger partial charge in [-0.1, -0.05) is 36.0 Å². The van der Waals surface area contributed by atoms with Gasteiger partial charge in [-0.3, -0.25) is 4.57 Å². The number of para-hydroxylation sites is 1. The van der Waals surface area contributed by atoms with Gasteiger partial charge in [0.1, 0.15) is 28.2 Å². The average molecular weight is 464 g/mol. The number of nitrogens with zero attached hydrogens (tertiary/aromatic N) is 5. The van der Waals surface area contributed by atoms with Crippen LogP contribution in [0.15, 0.2) is 59.4 Å². The molecule has 5 rings (SSSR count). The van der Waals surface area contributed by atoms with Gasteiger partial charge < -0.3 is 5.11 Å². The zero-order chi connectivity index (χ0) is 22.2. The smallest absolute Gasteiger partial charge is 0.192 e. The highest BCUT2D eigenvalue weighted by Crippen LogP contribution is 2.43. The number of hydrogen-bond donors (Lipinski definition) is 1. The molecule has 0 saturated heterocycles. The van der Waals surface area contributed by atoms with Crippen LogP contribution in [0.5, 0.6) is 0 Å². The molecule has 0 spiro atoms. The lowest BCUT2D eigenvalue weighted by Gasteiger charge is -2.13. The molecule has 32 heavy (non-hydrogen) atoms. The Morgan fingerprint density at radius 2 is 1.97 bits per heavy atom. The van der Waals surface area contributed by atoms with Crippen molar-refractivity contribution >= 4 is 38.9 Å². The molecule has 1 fully saturated rings. The quantitative estimate of drug-likeness (QED) is 0.214. The second kappa shape index (κ2) is 8.37. The fourth-order valence-corrected chi connectivity index (χ4v) is 5.41. The van der Waals surface area contributed by atoms with E-state index in [1.165, 1.54) is 29.2 Å². The molecule has 1 unspecified atom stereocenters. The first-order chi connectivity index (χ1) is 15.6. The van der Waals surface area contributed by atoms with E-state index in [2.05, 4.69) is 21.3 Å². The van der Waals surface area contributed by atoms with Crippen LogP contribution in [0, 0.1) is 17.1 Å². The van der Waals surface area contributed by atoms with E-state index in [0.29, 0.717) is 21.6 Å². The number of aliphatic hydroxyl groups is 1. The van der Waals surface area contributed by atoms with E-state index >= 15 is 0 Å². The maximum absolute atomic E-state index is 14.4. The van der Waals surface area contributed by atoms with Crippen LogP contribution in [0.2, 0.25) is 0 Å². The molecule has 9 heteroatoms. The molecule has 0 bridgehead atoms. The Bertz CT molecular complexity index is 1350. The van der Waals surface area contributed by atoms with Crippen molar-refractivity contribution in [3.05, 3.63) is 65.1 Å². The zero-order valence-electron chi connectivity index (χ0n) is 17.1. The number of aliphatic hydroxyl groups excluding tert-OH is 1. The summed E-state index contributed by atoms with van der Waals surface area (Å²) in [5, 5.41) is 29.8. The lowest BCUT2D eigenvalue weighted by Crippen LogP contribution is -2.07. The van der Waals surface area contributed by atoms with E-state index in [1.807, 2.05) is 28.8 Å². The van der Waals surface area contributed by atoms with Gasteiger partial charge in [-0.2, -0.15) is 5.26 Å². The van der Waals surface area contributed by atoms with Gasteiger partial charge in [-0.25, -0.2) is 9.37 Å². The Hall–Kier alpha value is -3.22. The van der Waals surface area contributed by atoms with E-state index in [4.69, 9.17) is 0 Å². The van der Waals surface area contributed by atoms with E-state index in [1.54, 1.807) is 25.1 Å². The maximum Gasteiger partial charge on any atom is 0.192 e. The van der Waals surface area contributed by atoms with Crippen LogP contribution in [-0.4, -0.2) is 30.1 Å². The highest BCUT2D eigenvalue weighted by Gasteiger charge is 2.32. The standard InChI is InChI=1S/C23H18FN5OS2/c1-13(20(30)16(12-25)22-26-18-8-4-5-9-19(18)32-22)31-23-28-27-21(29(23)14-10-11-14)15-6-2-3-7-17(15)24/h2-9,13-14,30H,10-11H2,1H3/b20-16-. The Labute approximate surface area is 192 Å². The van der Waals surface area contributed by atoms with Crippen LogP contribution in [0.3, 0.4) is 0 Å². The number of allylic oxidation sites excluding steroid dienone is 1. The molecule has 1 aliphatic rings. The summed E-state index contributed by atoms with van der Waals surface area (Å²) in [5.74, 6) is 0.0709. The maximum atomic E-state index is 14.4. The molecule has 0 aliphatic heterocycles. The molecule has 1 aliphatic carbocycles. The van der Waals surface area contributed by atoms with Gasteiger partial charge in [0.15, 0.2) is 11.0 Å². The first-order valence-electron chi connectivity index (χ1n) is 10.1. The number of aromatic nitrogens is 4. The monoisotopic (exact) mass is 463 g/mol. The number of hydrogen-bond acceptors (Lipinski definition) is 7. The van der Waals surface area contributed by atoms with Gasteiger partial charge in [-0.15, -0.1) is 21.5 Å². The van der Waals surface area contributed by atoms with E-state index in [0.717, 1.165) is 23.1 Å². The van der Waals surface area contributed by atoms with E-state index < -0.39 is 5.25 Å². The molecule has 1 saturated carbocycles. The minimum Gasteiger partial charge on any atom is -0.510 e. The Morgan fingerprint density at radius 3 is 2.69 bits per heavy atom. The van der Waals surface area contributed by atoms with Crippen molar-refractivity contribution in [2.24, 2.45) is 0 Å². The summed E-state index contributed by atoms with van der Waals surface area (Å²) in [7, 11) is 0. The molecule has 2 aromatic carbocycles. The van der Waals surface area contributed by atoms with Gasteiger partial charge in [0.25, 0.3) is 0 Å². The minimum absolute atomic E-state index is 0.0608. The molecule has 4 aromatic rings. The van der Waals surface area contributed by atoms with Crippen LogP contribution in [0.1, 0.15) is 30.8 Å². The van der Waals surface area contributed by atoms with Crippen LogP contribution < -0.4 is 0 Å². The number of thioether (sulfide) groups is 1. The predicted octanol–water partition coefficient (Wildman–Crippen LogP) is 6.00. The van der Waals surface area contributed by atoms with Gasteiger partial charge in [-0.05, 0) is 44.0 Å².